The molecule has 2 unspecified atom stereocenters. The van der Waals surface area contributed by atoms with E-state index in [0.29, 0.717) is 25.6 Å². The van der Waals surface area contributed by atoms with E-state index in [4.69, 9.17) is 9.72 Å². The van der Waals surface area contributed by atoms with E-state index in [2.05, 4.69) is 55.8 Å². The first-order valence-electron chi connectivity index (χ1n) is 14.0. The standard InChI is InChI=1S/C30H42FN5O2/c1-20-14-35(26(13-32-20)17-34-15-21(2)38-22(3)16-34)18-28(37)36-19-30(4,5)29-27(36)11-24(12-33-29)10-23-6-8-25(31)9-7-23/h6-9,11-12,20-22,26,32H,10,13-19H2,1-5H3/t20-,21?,22?,26-/m1/s1. The molecule has 0 radical (unpaired) electrons. The predicted octanol–water partition coefficient (Wildman–Crippen LogP) is 3.21. The fraction of sp³-hybridized carbons (Fsp3) is 0.600. The van der Waals surface area contributed by atoms with Crippen LogP contribution in [0.1, 0.15) is 51.4 Å². The number of carbonyl (C=O) groups excluding carboxylic acids is 1. The number of morpholine rings is 1. The smallest absolute Gasteiger partial charge is 0.241 e. The Morgan fingerprint density at radius 1 is 1.11 bits per heavy atom. The predicted molar refractivity (Wildman–Crippen MR) is 148 cm³/mol. The number of nitrogens with one attached hydrogen (secondary N) is 1. The first kappa shape index (κ1) is 27.2. The molecule has 0 saturated carbocycles. The third-order valence-electron chi connectivity index (χ3n) is 8.06. The summed E-state index contributed by atoms with van der Waals surface area (Å²) in [7, 11) is 0. The van der Waals surface area contributed by atoms with Crippen molar-refractivity contribution < 1.29 is 13.9 Å². The second-order valence-electron chi connectivity index (χ2n) is 12.2. The quantitative estimate of drug-likeness (QED) is 0.628. The minimum absolute atomic E-state index is 0.125. The average Bonchev–Trinajstić information content (AvgIpc) is 3.12. The summed E-state index contributed by atoms with van der Waals surface area (Å²) in [5.41, 5.74) is 3.71. The maximum Gasteiger partial charge on any atom is 0.241 e. The van der Waals surface area contributed by atoms with Gasteiger partial charge >= 0.3 is 0 Å². The van der Waals surface area contributed by atoms with Gasteiger partial charge in [0.25, 0.3) is 0 Å². The van der Waals surface area contributed by atoms with Crippen molar-refractivity contribution >= 4 is 11.6 Å². The number of halogens is 1. The molecule has 5 rings (SSSR count). The zero-order valence-electron chi connectivity index (χ0n) is 23.4. The first-order valence-corrected chi connectivity index (χ1v) is 14.0. The van der Waals surface area contributed by atoms with Crippen LogP contribution in [-0.2, 0) is 21.4 Å². The highest BCUT2D eigenvalue weighted by molar-refractivity contribution is 5.97. The van der Waals surface area contributed by atoms with Gasteiger partial charge in [-0.25, -0.2) is 4.39 Å². The molecule has 7 nitrogen and oxygen atoms in total. The summed E-state index contributed by atoms with van der Waals surface area (Å²) in [4.78, 5) is 25.5. The average molecular weight is 524 g/mol. The molecule has 3 aliphatic rings. The monoisotopic (exact) mass is 523 g/mol. The molecule has 0 bridgehead atoms. The topological polar surface area (TPSA) is 60.9 Å². The van der Waals surface area contributed by atoms with E-state index in [1.54, 1.807) is 12.1 Å². The number of amides is 1. The number of ether oxygens (including phenoxy) is 1. The summed E-state index contributed by atoms with van der Waals surface area (Å²) in [6.45, 7) is 16.3. The molecular formula is C30H42FN5O2. The van der Waals surface area contributed by atoms with Crippen LogP contribution in [0.25, 0.3) is 0 Å². The molecule has 1 N–H and O–H groups in total. The van der Waals surface area contributed by atoms with Crippen LogP contribution in [0, 0.1) is 5.82 Å². The molecule has 3 aliphatic heterocycles. The van der Waals surface area contributed by atoms with E-state index < -0.39 is 0 Å². The SMILES string of the molecule is CC1CN(C[C@H]2CN[C@H](C)CN2CC(=O)N2CC(C)(C)c3ncc(Cc4ccc(F)cc4)cc32)CC(C)O1. The molecule has 1 aromatic carbocycles. The lowest BCUT2D eigenvalue weighted by Gasteiger charge is -2.44. The number of piperazine rings is 1. The van der Waals surface area contributed by atoms with E-state index >= 15 is 0 Å². The second kappa shape index (κ2) is 11.0. The van der Waals surface area contributed by atoms with Crippen LogP contribution in [0.4, 0.5) is 10.1 Å². The fourth-order valence-corrected chi connectivity index (χ4v) is 6.33. The van der Waals surface area contributed by atoms with E-state index in [9.17, 15) is 9.18 Å². The van der Waals surface area contributed by atoms with E-state index in [1.165, 1.54) is 12.1 Å². The molecule has 206 valence electrons. The van der Waals surface area contributed by atoms with Crippen LogP contribution in [0.2, 0.25) is 0 Å². The zero-order valence-corrected chi connectivity index (χ0v) is 23.4. The van der Waals surface area contributed by atoms with Gasteiger partial charge in [-0.05, 0) is 56.5 Å². The van der Waals surface area contributed by atoms with Gasteiger partial charge in [0.05, 0.1) is 30.1 Å². The van der Waals surface area contributed by atoms with Crippen molar-refractivity contribution in [3.8, 4) is 0 Å². The van der Waals surface area contributed by atoms with Gasteiger partial charge in [-0.3, -0.25) is 19.6 Å². The Labute approximate surface area is 226 Å². The molecule has 1 amide bonds. The summed E-state index contributed by atoms with van der Waals surface area (Å²) < 4.78 is 19.3. The molecule has 38 heavy (non-hydrogen) atoms. The van der Waals surface area contributed by atoms with Crippen LogP contribution >= 0.6 is 0 Å². The lowest BCUT2D eigenvalue weighted by molar-refractivity contribution is -0.121. The Hall–Kier alpha value is -2.39. The van der Waals surface area contributed by atoms with Gasteiger partial charge in [0, 0.05) is 63.0 Å². The van der Waals surface area contributed by atoms with Gasteiger partial charge in [0.2, 0.25) is 5.91 Å². The first-order chi connectivity index (χ1) is 18.1. The van der Waals surface area contributed by atoms with Crippen molar-refractivity contribution in [2.24, 2.45) is 0 Å². The Kier molecular flexibility index (Phi) is 7.87. The second-order valence-corrected chi connectivity index (χ2v) is 12.2. The van der Waals surface area contributed by atoms with Crippen LogP contribution in [0.3, 0.4) is 0 Å². The van der Waals surface area contributed by atoms with Crippen LogP contribution in [-0.4, -0.2) is 90.8 Å². The molecular weight excluding hydrogens is 481 g/mol. The largest absolute Gasteiger partial charge is 0.373 e. The number of hydrogen-bond donors (Lipinski definition) is 1. The summed E-state index contributed by atoms with van der Waals surface area (Å²) in [5.74, 6) is -0.113. The number of aromatic nitrogens is 1. The summed E-state index contributed by atoms with van der Waals surface area (Å²) in [6.07, 6.45) is 3.00. The molecule has 0 aliphatic carbocycles. The van der Waals surface area contributed by atoms with Crippen molar-refractivity contribution in [2.75, 3.05) is 50.7 Å². The molecule has 2 saturated heterocycles. The summed E-state index contributed by atoms with van der Waals surface area (Å²) >= 11 is 0. The zero-order chi connectivity index (χ0) is 27.0. The fourth-order valence-electron chi connectivity index (χ4n) is 6.33. The lowest BCUT2D eigenvalue weighted by Crippen LogP contribution is -2.62. The normalized spacial score (nSPS) is 27.9. The molecule has 0 spiro atoms. The minimum Gasteiger partial charge on any atom is -0.373 e. The van der Waals surface area contributed by atoms with Crippen molar-refractivity contribution in [2.45, 2.75) is 70.7 Å². The Balaban J connectivity index is 1.32. The van der Waals surface area contributed by atoms with Gasteiger partial charge in [-0.15, -0.1) is 0 Å². The molecule has 4 atom stereocenters. The van der Waals surface area contributed by atoms with Crippen molar-refractivity contribution in [3.05, 3.63) is 59.2 Å². The summed E-state index contributed by atoms with van der Waals surface area (Å²) in [6, 6.07) is 9.29. The Morgan fingerprint density at radius 2 is 1.82 bits per heavy atom. The van der Waals surface area contributed by atoms with Gasteiger partial charge in [0.15, 0.2) is 0 Å². The molecule has 2 aromatic rings. The van der Waals surface area contributed by atoms with Crippen molar-refractivity contribution in [1.82, 2.24) is 20.1 Å². The maximum atomic E-state index is 13.9. The van der Waals surface area contributed by atoms with Crippen LogP contribution in [0.15, 0.2) is 36.5 Å². The maximum absolute atomic E-state index is 13.9. The van der Waals surface area contributed by atoms with Gasteiger partial charge in [0.1, 0.15) is 5.82 Å². The Bertz CT molecular complexity index is 1130. The number of benzene rings is 1. The van der Waals surface area contributed by atoms with E-state index in [0.717, 1.165) is 55.2 Å². The van der Waals surface area contributed by atoms with Crippen LogP contribution < -0.4 is 10.2 Å². The molecule has 1 aromatic heterocycles. The van der Waals surface area contributed by atoms with Crippen molar-refractivity contribution in [3.63, 3.8) is 0 Å². The third kappa shape index (κ3) is 6.09. The highest BCUT2D eigenvalue weighted by Crippen LogP contribution is 2.39. The molecule has 8 heteroatoms. The van der Waals surface area contributed by atoms with E-state index in [-0.39, 0.29) is 35.4 Å². The van der Waals surface area contributed by atoms with E-state index in [1.807, 2.05) is 11.1 Å². The Morgan fingerprint density at radius 3 is 2.53 bits per heavy atom. The third-order valence-corrected chi connectivity index (χ3v) is 8.06. The van der Waals surface area contributed by atoms with Crippen LogP contribution in [0.5, 0.6) is 0 Å². The van der Waals surface area contributed by atoms with Gasteiger partial charge in [-0.2, -0.15) is 0 Å². The van der Waals surface area contributed by atoms with Gasteiger partial charge < -0.3 is 15.0 Å². The van der Waals surface area contributed by atoms with Crippen molar-refractivity contribution in [1.29, 1.82) is 0 Å². The number of carbonyl (C=O) groups is 1. The minimum atomic E-state index is -0.238. The summed E-state index contributed by atoms with van der Waals surface area (Å²) in [5, 5.41) is 3.62. The number of fused-ring (bicyclic) bond motifs is 1. The molecule has 2 fully saturated rings. The van der Waals surface area contributed by atoms with Gasteiger partial charge in [-0.1, -0.05) is 26.0 Å². The lowest BCUT2D eigenvalue weighted by atomic mass is 9.91. The highest BCUT2D eigenvalue weighted by Gasteiger charge is 2.41. The number of anilines is 1. The number of hydrogen-bond acceptors (Lipinski definition) is 6. The number of pyridine rings is 1. The number of rotatable bonds is 6. The number of nitrogens with zero attached hydrogens (tertiary/aromatic N) is 4. The highest BCUT2D eigenvalue weighted by atomic mass is 19.1. The molecule has 4 heterocycles.